The summed E-state index contributed by atoms with van der Waals surface area (Å²) >= 11 is 0. The van der Waals surface area contributed by atoms with Crippen molar-refractivity contribution in [3.63, 3.8) is 0 Å². The van der Waals surface area contributed by atoms with Gasteiger partial charge in [-0.3, -0.25) is 15.0 Å². The summed E-state index contributed by atoms with van der Waals surface area (Å²) in [5.41, 5.74) is 5.24. The van der Waals surface area contributed by atoms with Gasteiger partial charge in [0.15, 0.2) is 5.96 Å². The van der Waals surface area contributed by atoms with E-state index in [4.69, 9.17) is 11.1 Å². The van der Waals surface area contributed by atoms with Crippen LogP contribution in [0, 0.1) is 5.41 Å². The van der Waals surface area contributed by atoms with Crippen LogP contribution in [0.3, 0.4) is 0 Å². The molecule has 0 saturated carbocycles. The van der Waals surface area contributed by atoms with Crippen LogP contribution < -0.4 is 21.7 Å². The Labute approximate surface area is 165 Å². The zero-order valence-corrected chi connectivity index (χ0v) is 17.4. The van der Waals surface area contributed by atoms with Crippen LogP contribution in [-0.4, -0.2) is 36.9 Å². The largest absolute Gasteiger partial charge is 0.370 e. The SMILES string of the molecule is CCCCCCCCCCCC(=O)N[C@@H](CCCNC(=N)N)C(=O)NCC. The highest BCUT2D eigenvalue weighted by atomic mass is 16.2. The summed E-state index contributed by atoms with van der Waals surface area (Å²) < 4.78 is 0. The quantitative estimate of drug-likeness (QED) is 0.151. The van der Waals surface area contributed by atoms with Crippen molar-refractivity contribution in [1.29, 1.82) is 5.41 Å². The Hall–Kier alpha value is -1.79. The fourth-order valence-corrected chi connectivity index (χ4v) is 2.96. The van der Waals surface area contributed by atoms with Gasteiger partial charge in [0.25, 0.3) is 0 Å². The molecule has 0 aliphatic heterocycles. The number of nitrogens with two attached hydrogens (primary N) is 1. The van der Waals surface area contributed by atoms with Crippen LogP contribution in [0.5, 0.6) is 0 Å². The molecular weight excluding hydrogens is 342 g/mol. The summed E-state index contributed by atoms with van der Waals surface area (Å²) in [6.45, 7) is 5.13. The van der Waals surface area contributed by atoms with E-state index in [0.29, 0.717) is 32.4 Å². The van der Waals surface area contributed by atoms with E-state index in [-0.39, 0.29) is 17.8 Å². The van der Waals surface area contributed by atoms with Gasteiger partial charge in [-0.2, -0.15) is 0 Å². The van der Waals surface area contributed by atoms with E-state index < -0.39 is 6.04 Å². The van der Waals surface area contributed by atoms with E-state index in [1.165, 1.54) is 44.9 Å². The van der Waals surface area contributed by atoms with E-state index >= 15 is 0 Å². The summed E-state index contributed by atoms with van der Waals surface area (Å²) in [7, 11) is 0. The van der Waals surface area contributed by atoms with Gasteiger partial charge in [0.1, 0.15) is 6.04 Å². The van der Waals surface area contributed by atoms with Gasteiger partial charge in [-0.15, -0.1) is 0 Å². The molecule has 1 atom stereocenters. The van der Waals surface area contributed by atoms with Crippen molar-refractivity contribution < 1.29 is 9.59 Å². The van der Waals surface area contributed by atoms with E-state index in [1.807, 2.05) is 6.92 Å². The molecule has 158 valence electrons. The Morgan fingerprint density at radius 3 is 2.04 bits per heavy atom. The van der Waals surface area contributed by atoms with Crippen LogP contribution >= 0.6 is 0 Å². The van der Waals surface area contributed by atoms with Crippen LogP contribution in [0.1, 0.15) is 90.9 Å². The molecule has 7 nitrogen and oxygen atoms in total. The van der Waals surface area contributed by atoms with Crippen LogP contribution in [-0.2, 0) is 9.59 Å². The Bertz CT molecular complexity index is 415. The lowest BCUT2D eigenvalue weighted by atomic mass is 10.1. The number of hydrogen-bond acceptors (Lipinski definition) is 3. The second kappa shape index (κ2) is 17.6. The second-order valence-electron chi connectivity index (χ2n) is 7.08. The highest BCUT2D eigenvalue weighted by Gasteiger charge is 2.19. The zero-order chi connectivity index (χ0) is 20.3. The number of amides is 2. The first-order valence-corrected chi connectivity index (χ1v) is 10.7. The van der Waals surface area contributed by atoms with Gasteiger partial charge < -0.3 is 21.7 Å². The average Bonchev–Trinajstić information content (AvgIpc) is 2.62. The molecule has 0 fully saturated rings. The van der Waals surface area contributed by atoms with Gasteiger partial charge in [0.05, 0.1) is 0 Å². The third-order valence-corrected chi connectivity index (χ3v) is 4.50. The minimum Gasteiger partial charge on any atom is -0.370 e. The number of carbonyl (C=O) groups is 2. The summed E-state index contributed by atoms with van der Waals surface area (Å²) in [4.78, 5) is 24.3. The molecular formula is C20H41N5O2. The standard InChI is InChI=1S/C20H41N5O2/c1-3-5-6-7-8-9-10-11-12-15-18(26)25-17(19(27)23-4-2)14-13-16-24-20(21)22/h17H,3-16H2,1-2H3,(H,23,27)(H,25,26)(H4,21,22,24)/t17-/m0/s1. The topological polar surface area (TPSA) is 120 Å². The van der Waals surface area contributed by atoms with Crippen molar-refractivity contribution >= 4 is 17.8 Å². The molecule has 0 aromatic heterocycles. The van der Waals surface area contributed by atoms with Gasteiger partial charge in [-0.05, 0) is 26.2 Å². The van der Waals surface area contributed by atoms with E-state index in [2.05, 4.69) is 22.9 Å². The summed E-state index contributed by atoms with van der Waals surface area (Å²) in [6, 6.07) is -0.523. The monoisotopic (exact) mass is 383 g/mol. The lowest BCUT2D eigenvalue weighted by Gasteiger charge is -2.18. The molecule has 0 aliphatic carbocycles. The van der Waals surface area contributed by atoms with Crippen molar-refractivity contribution in [2.24, 2.45) is 5.73 Å². The fourth-order valence-electron chi connectivity index (χ4n) is 2.96. The predicted molar refractivity (Wildman–Crippen MR) is 112 cm³/mol. The van der Waals surface area contributed by atoms with Gasteiger partial charge in [0, 0.05) is 19.5 Å². The van der Waals surface area contributed by atoms with Crippen LogP contribution in [0.4, 0.5) is 0 Å². The first kappa shape index (κ1) is 25.2. The van der Waals surface area contributed by atoms with E-state index in [1.54, 1.807) is 0 Å². The number of rotatable bonds is 17. The molecule has 0 bridgehead atoms. The number of carbonyl (C=O) groups excluding carboxylic acids is 2. The minimum atomic E-state index is -0.523. The maximum Gasteiger partial charge on any atom is 0.242 e. The van der Waals surface area contributed by atoms with Crippen molar-refractivity contribution in [2.75, 3.05) is 13.1 Å². The third kappa shape index (κ3) is 16.1. The average molecular weight is 384 g/mol. The maximum absolute atomic E-state index is 12.1. The molecule has 0 rings (SSSR count). The fraction of sp³-hybridized carbons (Fsp3) is 0.850. The van der Waals surface area contributed by atoms with Crippen LogP contribution in [0.2, 0.25) is 0 Å². The number of likely N-dealkylation sites (N-methyl/N-ethyl adjacent to an activating group) is 1. The molecule has 0 aromatic rings. The van der Waals surface area contributed by atoms with Gasteiger partial charge in [0.2, 0.25) is 11.8 Å². The lowest BCUT2D eigenvalue weighted by molar-refractivity contribution is -0.129. The van der Waals surface area contributed by atoms with Gasteiger partial charge in [-0.1, -0.05) is 58.3 Å². The Morgan fingerprint density at radius 2 is 1.48 bits per heavy atom. The van der Waals surface area contributed by atoms with Gasteiger partial charge in [-0.25, -0.2) is 0 Å². The molecule has 0 unspecified atom stereocenters. The number of unbranched alkanes of at least 4 members (excludes halogenated alkanes) is 8. The second-order valence-corrected chi connectivity index (χ2v) is 7.08. The molecule has 6 N–H and O–H groups in total. The van der Waals surface area contributed by atoms with Crippen LogP contribution in [0.15, 0.2) is 0 Å². The lowest BCUT2D eigenvalue weighted by Crippen LogP contribution is -2.47. The molecule has 0 heterocycles. The van der Waals surface area contributed by atoms with Crippen molar-refractivity contribution in [2.45, 2.75) is 96.9 Å². The van der Waals surface area contributed by atoms with Crippen molar-refractivity contribution in [3.05, 3.63) is 0 Å². The number of guanidine groups is 1. The summed E-state index contributed by atoms with van der Waals surface area (Å²) in [5, 5.41) is 15.5. The van der Waals surface area contributed by atoms with Gasteiger partial charge >= 0.3 is 0 Å². The van der Waals surface area contributed by atoms with Crippen molar-refractivity contribution in [1.82, 2.24) is 16.0 Å². The Kier molecular flexibility index (Phi) is 16.4. The maximum atomic E-state index is 12.1. The Balaban J connectivity index is 3.95. The first-order chi connectivity index (χ1) is 13.0. The van der Waals surface area contributed by atoms with E-state index in [0.717, 1.165) is 12.8 Å². The molecule has 2 amide bonds. The predicted octanol–water partition coefficient (Wildman–Crippen LogP) is 2.79. The molecule has 0 radical (unpaired) electrons. The van der Waals surface area contributed by atoms with Crippen LogP contribution in [0.25, 0.3) is 0 Å². The number of nitrogens with one attached hydrogen (secondary N) is 4. The Morgan fingerprint density at radius 1 is 0.889 bits per heavy atom. The summed E-state index contributed by atoms with van der Waals surface area (Å²) in [6.07, 6.45) is 12.6. The molecule has 0 aromatic carbocycles. The highest BCUT2D eigenvalue weighted by molar-refractivity contribution is 5.87. The van der Waals surface area contributed by atoms with E-state index in [9.17, 15) is 9.59 Å². The van der Waals surface area contributed by atoms with Crippen molar-refractivity contribution in [3.8, 4) is 0 Å². The molecule has 27 heavy (non-hydrogen) atoms. The molecule has 0 aliphatic rings. The first-order valence-electron chi connectivity index (χ1n) is 10.7. The smallest absolute Gasteiger partial charge is 0.242 e. The molecule has 7 heteroatoms. The molecule has 0 spiro atoms. The molecule has 0 saturated heterocycles. The number of hydrogen-bond donors (Lipinski definition) is 5. The summed E-state index contributed by atoms with van der Waals surface area (Å²) in [5.74, 6) is -0.298. The normalized spacial score (nSPS) is 11.6. The highest BCUT2D eigenvalue weighted by Crippen LogP contribution is 2.10. The third-order valence-electron chi connectivity index (χ3n) is 4.50. The minimum absolute atomic E-state index is 0.0614. The zero-order valence-electron chi connectivity index (χ0n) is 17.4.